The molecule has 5 heteroatoms. The van der Waals surface area contributed by atoms with E-state index in [0.717, 1.165) is 5.56 Å². The zero-order valence-electron chi connectivity index (χ0n) is 9.31. The molecule has 2 N–H and O–H groups in total. The molecule has 1 rings (SSSR count). The number of hydrogen-bond donors (Lipinski definition) is 2. The van der Waals surface area contributed by atoms with Gasteiger partial charge in [0.25, 0.3) is 0 Å². The number of carboxylic acids is 1. The van der Waals surface area contributed by atoms with Crippen molar-refractivity contribution in [2.45, 2.75) is 19.4 Å². The molecule has 0 spiro atoms. The molecule has 0 aromatic heterocycles. The van der Waals surface area contributed by atoms with Gasteiger partial charge >= 0.3 is 5.97 Å². The zero-order chi connectivity index (χ0) is 13.0. The van der Waals surface area contributed by atoms with E-state index in [-0.39, 0.29) is 23.6 Å². The molecule has 0 radical (unpaired) electrons. The number of alkyl halides is 1. The Hall–Kier alpha value is -1.39. The third-order valence-electron chi connectivity index (χ3n) is 2.46. The van der Waals surface area contributed by atoms with Crippen LogP contribution in [0.1, 0.15) is 22.8 Å². The summed E-state index contributed by atoms with van der Waals surface area (Å²) in [4.78, 5) is 21.9. The van der Waals surface area contributed by atoms with Crippen LogP contribution >= 0.6 is 11.6 Å². The topological polar surface area (TPSA) is 74.6 Å². The third kappa shape index (κ3) is 3.54. The van der Waals surface area contributed by atoms with Crippen molar-refractivity contribution in [1.82, 2.24) is 0 Å². The number of hydrogen-bond acceptors (Lipinski definition) is 3. The fraction of sp³-hybridized carbons (Fsp3) is 0.333. The highest BCUT2D eigenvalue weighted by Gasteiger charge is 2.17. The first-order valence-electron chi connectivity index (χ1n) is 5.03. The maximum Gasteiger partial charge on any atom is 0.337 e. The van der Waals surface area contributed by atoms with E-state index in [9.17, 15) is 14.7 Å². The van der Waals surface area contributed by atoms with Crippen molar-refractivity contribution in [2.24, 2.45) is 0 Å². The van der Waals surface area contributed by atoms with Crippen LogP contribution in [-0.2, 0) is 16.0 Å². The van der Waals surface area contributed by atoms with Gasteiger partial charge in [0.2, 0.25) is 0 Å². The lowest BCUT2D eigenvalue weighted by Crippen LogP contribution is -2.12. The van der Waals surface area contributed by atoms with Gasteiger partial charge in [0.05, 0.1) is 5.88 Å². The summed E-state index contributed by atoms with van der Waals surface area (Å²) in [6, 6.07) is 4.74. The first kappa shape index (κ1) is 13.7. The van der Waals surface area contributed by atoms with Gasteiger partial charge in [-0.05, 0) is 23.6 Å². The molecule has 1 unspecified atom stereocenters. The fourth-order valence-corrected chi connectivity index (χ4v) is 1.55. The molecule has 1 aromatic carbocycles. The van der Waals surface area contributed by atoms with Crippen LogP contribution < -0.4 is 0 Å². The average molecular weight is 257 g/mol. The normalized spacial score (nSPS) is 12.2. The minimum Gasteiger partial charge on any atom is -0.479 e. The fourth-order valence-electron chi connectivity index (χ4n) is 1.45. The maximum atomic E-state index is 11.2. The number of aliphatic hydroxyl groups excluding tert-OH is 1. The van der Waals surface area contributed by atoms with Crippen molar-refractivity contribution >= 4 is 23.4 Å². The number of Topliss-reactive ketones (excluding diaryl/α,β-unsaturated/α-hetero) is 1. The highest BCUT2D eigenvalue weighted by molar-refractivity contribution is 6.27. The Balaban J connectivity index is 3.02. The zero-order valence-corrected chi connectivity index (χ0v) is 10.1. The second-order valence-corrected chi connectivity index (χ2v) is 4.04. The van der Waals surface area contributed by atoms with Crippen LogP contribution in [0.2, 0.25) is 0 Å². The Kier molecular flexibility index (Phi) is 4.66. The number of carbonyl (C=O) groups excluding carboxylic acids is 1. The lowest BCUT2D eigenvalue weighted by atomic mass is 9.98. The van der Waals surface area contributed by atoms with Gasteiger partial charge in [0.15, 0.2) is 11.9 Å². The Bertz CT molecular complexity index is 442. The molecule has 1 aromatic rings. The predicted molar refractivity (Wildman–Crippen MR) is 63.2 cm³/mol. The molecule has 0 saturated heterocycles. The summed E-state index contributed by atoms with van der Waals surface area (Å²) >= 11 is 5.41. The van der Waals surface area contributed by atoms with Gasteiger partial charge in [0.1, 0.15) is 0 Å². The standard InChI is InChI=1S/C12H13ClO4/c1-7-2-3-8(11(15)12(16)17)4-9(7)5-10(14)6-13/h2-4,11,15H,5-6H2,1H3,(H,16,17). The van der Waals surface area contributed by atoms with E-state index in [4.69, 9.17) is 16.7 Å². The molecule has 92 valence electrons. The van der Waals surface area contributed by atoms with Crippen LogP contribution in [0.5, 0.6) is 0 Å². The van der Waals surface area contributed by atoms with E-state index in [2.05, 4.69) is 0 Å². The summed E-state index contributed by atoms with van der Waals surface area (Å²) in [5.74, 6) is -1.54. The van der Waals surface area contributed by atoms with Crippen LogP contribution in [0.3, 0.4) is 0 Å². The van der Waals surface area contributed by atoms with Gasteiger partial charge in [-0.3, -0.25) is 4.79 Å². The van der Waals surface area contributed by atoms with Crippen molar-refractivity contribution in [2.75, 3.05) is 5.88 Å². The molecule has 0 aliphatic heterocycles. The summed E-state index contributed by atoms with van der Waals surface area (Å²) in [6.07, 6.45) is -1.42. The number of rotatable bonds is 5. The van der Waals surface area contributed by atoms with E-state index >= 15 is 0 Å². The summed E-state index contributed by atoms with van der Waals surface area (Å²) in [7, 11) is 0. The summed E-state index contributed by atoms with van der Waals surface area (Å²) in [5.41, 5.74) is 1.82. The molecule has 0 aliphatic carbocycles. The quantitative estimate of drug-likeness (QED) is 0.783. The second-order valence-electron chi connectivity index (χ2n) is 3.78. The van der Waals surface area contributed by atoms with Crippen LogP contribution in [0.15, 0.2) is 18.2 Å². The molecular weight excluding hydrogens is 244 g/mol. The molecule has 0 fully saturated rings. The number of ketones is 1. The molecular formula is C12H13ClO4. The minimum absolute atomic E-state index is 0.0782. The molecule has 0 amide bonds. The number of benzene rings is 1. The predicted octanol–water partition coefficient (Wildman–Crippen LogP) is 1.46. The van der Waals surface area contributed by atoms with Gasteiger partial charge in [-0.2, -0.15) is 0 Å². The van der Waals surface area contributed by atoms with Crippen LogP contribution in [0, 0.1) is 6.92 Å². The van der Waals surface area contributed by atoms with E-state index in [1.165, 1.54) is 12.1 Å². The molecule has 0 saturated carbocycles. The number of aryl methyl sites for hydroxylation is 1. The highest BCUT2D eigenvalue weighted by Crippen LogP contribution is 2.18. The smallest absolute Gasteiger partial charge is 0.337 e. The summed E-state index contributed by atoms with van der Waals surface area (Å²) in [5, 5.41) is 18.1. The summed E-state index contributed by atoms with van der Waals surface area (Å²) < 4.78 is 0. The van der Waals surface area contributed by atoms with Crippen molar-refractivity contribution in [1.29, 1.82) is 0 Å². The van der Waals surface area contributed by atoms with Crippen molar-refractivity contribution in [3.8, 4) is 0 Å². The van der Waals surface area contributed by atoms with Crippen molar-refractivity contribution < 1.29 is 19.8 Å². The monoisotopic (exact) mass is 256 g/mol. The molecule has 17 heavy (non-hydrogen) atoms. The average Bonchev–Trinajstić information content (AvgIpc) is 2.30. The summed E-state index contributed by atoms with van der Waals surface area (Å²) in [6.45, 7) is 1.81. The molecule has 0 bridgehead atoms. The van der Waals surface area contributed by atoms with Gasteiger partial charge in [-0.15, -0.1) is 11.6 Å². The van der Waals surface area contributed by atoms with Crippen LogP contribution in [0.4, 0.5) is 0 Å². The van der Waals surface area contributed by atoms with Gasteiger partial charge < -0.3 is 10.2 Å². The van der Waals surface area contributed by atoms with Crippen molar-refractivity contribution in [3.63, 3.8) is 0 Å². The Morgan fingerprint density at radius 2 is 2.06 bits per heavy atom. The van der Waals surface area contributed by atoms with Crippen LogP contribution in [0.25, 0.3) is 0 Å². The number of carboxylic acid groups (broad SMARTS) is 1. The maximum absolute atomic E-state index is 11.2. The Morgan fingerprint density at radius 3 is 2.59 bits per heavy atom. The molecule has 0 aliphatic rings. The molecule has 4 nitrogen and oxygen atoms in total. The SMILES string of the molecule is Cc1ccc(C(O)C(=O)O)cc1CC(=O)CCl. The second kappa shape index (κ2) is 5.80. The van der Waals surface area contributed by atoms with Gasteiger partial charge in [-0.1, -0.05) is 18.2 Å². The lowest BCUT2D eigenvalue weighted by molar-refractivity contribution is -0.146. The molecule has 0 heterocycles. The number of aliphatic hydroxyl groups is 1. The third-order valence-corrected chi connectivity index (χ3v) is 2.76. The van der Waals surface area contributed by atoms with Crippen LogP contribution in [-0.4, -0.2) is 27.8 Å². The van der Waals surface area contributed by atoms with E-state index in [1.54, 1.807) is 6.07 Å². The van der Waals surface area contributed by atoms with E-state index in [0.29, 0.717) is 5.56 Å². The van der Waals surface area contributed by atoms with Crippen molar-refractivity contribution in [3.05, 3.63) is 34.9 Å². The van der Waals surface area contributed by atoms with Gasteiger partial charge in [0, 0.05) is 6.42 Å². The number of halogens is 1. The number of carbonyl (C=O) groups is 2. The largest absolute Gasteiger partial charge is 0.479 e. The Morgan fingerprint density at radius 1 is 1.41 bits per heavy atom. The Labute approximate surface area is 104 Å². The van der Waals surface area contributed by atoms with Gasteiger partial charge in [-0.25, -0.2) is 4.79 Å². The first-order valence-corrected chi connectivity index (χ1v) is 5.57. The van der Waals surface area contributed by atoms with E-state index < -0.39 is 12.1 Å². The lowest BCUT2D eigenvalue weighted by Gasteiger charge is -2.10. The van der Waals surface area contributed by atoms with E-state index in [1.807, 2.05) is 6.92 Å². The first-order chi connectivity index (χ1) is 7.95. The molecule has 1 atom stereocenters. The minimum atomic E-state index is -1.57. The number of aliphatic carboxylic acids is 1. The highest BCUT2D eigenvalue weighted by atomic mass is 35.5.